The van der Waals surface area contributed by atoms with Crippen molar-refractivity contribution in [3.05, 3.63) is 28.8 Å². The van der Waals surface area contributed by atoms with E-state index >= 15 is 0 Å². The second-order valence-corrected chi connectivity index (χ2v) is 7.26. The first-order valence-corrected chi connectivity index (χ1v) is 9.19. The van der Waals surface area contributed by atoms with Crippen molar-refractivity contribution < 1.29 is 19.1 Å². The second kappa shape index (κ2) is 7.66. The summed E-state index contributed by atoms with van der Waals surface area (Å²) >= 11 is 6.49. The van der Waals surface area contributed by atoms with Gasteiger partial charge in [-0.05, 0) is 18.1 Å². The molecule has 7 heteroatoms. The highest BCUT2D eigenvalue weighted by molar-refractivity contribution is 6.33. The molecule has 2 unspecified atom stereocenters. The van der Waals surface area contributed by atoms with Crippen molar-refractivity contribution in [3.8, 4) is 0 Å². The largest absolute Gasteiger partial charge is 0.469 e. The van der Waals surface area contributed by atoms with Gasteiger partial charge in [-0.2, -0.15) is 0 Å². The number of carbonyl (C=O) groups is 3. The number of Topliss-reactive ketones (excluding diaryl/α,β-unsaturated/α-hetero) is 1. The number of piperazine rings is 1. The van der Waals surface area contributed by atoms with Crippen molar-refractivity contribution in [2.45, 2.75) is 25.7 Å². The Kier molecular flexibility index (Phi) is 5.51. The number of nitrogens with zero attached hydrogens (tertiary/aromatic N) is 2. The van der Waals surface area contributed by atoms with Gasteiger partial charge in [0.1, 0.15) is 5.78 Å². The first kappa shape index (κ1) is 18.7. The van der Waals surface area contributed by atoms with E-state index in [1.54, 1.807) is 11.8 Å². The molecule has 1 saturated heterocycles. The molecule has 2 fully saturated rings. The van der Waals surface area contributed by atoms with Gasteiger partial charge in [0.05, 0.1) is 23.7 Å². The summed E-state index contributed by atoms with van der Waals surface area (Å²) in [5.41, 5.74) is 1.71. The summed E-state index contributed by atoms with van der Waals surface area (Å²) in [6.45, 7) is 4.16. The third kappa shape index (κ3) is 3.56. The number of amides is 1. The number of rotatable bonds is 3. The number of hydrogen-bond donors (Lipinski definition) is 0. The normalized spacial score (nSPS) is 23.3. The van der Waals surface area contributed by atoms with E-state index in [1.807, 2.05) is 18.2 Å². The van der Waals surface area contributed by atoms with E-state index in [-0.39, 0.29) is 35.9 Å². The maximum absolute atomic E-state index is 12.6. The number of hydrogen-bond acceptors (Lipinski definition) is 5. The lowest BCUT2D eigenvalue weighted by Crippen LogP contribution is -2.48. The van der Waals surface area contributed by atoms with Crippen LogP contribution in [0.4, 0.5) is 5.69 Å². The Morgan fingerprint density at radius 2 is 1.88 bits per heavy atom. The molecule has 6 nitrogen and oxygen atoms in total. The second-order valence-electron chi connectivity index (χ2n) is 6.85. The van der Waals surface area contributed by atoms with Crippen molar-refractivity contribution in [3.63, 3.8) is 0 Å². The average molecular weight is 379 g/mol. The molecule has 3 rings (SSSR count). The Balaban J connectivity index is 1.86. The maximum Gasteiger partial charge on any atom is 0.309 e. The number of ketones is 1. The number of methoxy groups -OCH3 is 1. The van der Waals surface area contributed by atoms with Crippen LogP contribution in [0.25, 0.3) is 0 Å². The fourth-order valence-corrected chi connectivity index (χ4v) is 4.22. The summed E-state index contributed by atoms with van der Waals surface area (Å²) in [6, 6.07) is 5.57. The van der Waals surface area contributed by atoms with Crippen LogP contribution in [0.5, 0.6) is 0 Å². The molecule has 1 aliphatic heterocycles. The predicted molar refractivity (Wildman–Crippen MR) is 98.4 cm³/mol. The van der Waals surface area contributed by atoms with Crippen LogP contribution in [0.3, 0.4) is 0 Å². The average Bonchev–Trinajstić information content (AvgIpc) is 3.02. The highest BCUT2D eigenvalue weighted by atomic mass is 35.5. The molecule has 0 spiro atoms. The first-order chi connectivity index (χ1) is 12.4. The lowest BCUT2D eigenvalue weighted by atomic mass is 9.93. The van der Waals surface area contributed by atoms with Crippen LogP contribution in [0.1, 0.15) is 31.2 Å². The highest BCUT2D eigenvalue weighted by Gasteiger charge is 2.40. The first-order valence-electron chi connectivity index (χ1n) is 8.81. The molecule has 0 aromatic heterocycles. The zero-order chi connectivity index (χ0) is 18.8. The molecule has 2 aliphatic rings. The van der Waals surface area contributed by atoms with Crippen molar-refractivity contribution >= 4 is 34.9 Å². The van der Waals surface area contributed by atoms with Gasteiger partial charge in [-0.15, -0.1) is 0 Å². The van der Waals surface area contributed by atoms with Crippen LogP contribution in [0.2, 0.25) is 5.02 Å². The standard InChI is InChI=1S/C19H23ClN2O4/c1-12(23)21-6-8-22(9-7-21)18-14(4-3-5-16(18)20)15-10-13(11-17(15)24)19(25)26-2/h3-5,13,15H,6-11H2,1-2H3. The molecular formula is C19H23ClN2O4. The van der Waals surface area contributed by atoms with Gasteiger partial charge in [0, 0.05) is 45.4 Å². The number of ether oxygens (including phenoxy) is 1. The third-order valence-corrected chi connectivity index (χ3v) is 5.63. The predicted octanol–water partition coefficient (Wildman–Crippen LogP) is 2.24. The van der Waals surface area contributed by atoms with Gasteiger partial charge < -0.3 is 14.5 Å². The number of benzene rings is 1. The molecule has 0 radical (unpaired) electrons. The molecule has 1 aromatic carbocycles. The van der Waals surface area contributed by atoms with E-state index in [9.17, 15) is 14.4 Å². The number of halogens is 1. The van der Waals surface area contributed by atoms with Gasteiger partial charge in [-0.3, -0.25) is 14.4 Å². The minimum Gasteiger partial charge on any atom is -0.469 e. The monoisotopic (exact) mass is 378 g/mol. The molecule has 0 bridgehead atoms. The molecule has 1 heterocycles. The Bertz CT molecular complexity index is 728. The Labute approximate surface area is 158 Å². The number of carbonyl (C=O) groups excluding carboxylic acids is 3. The lowest BCUT2D eigenvalue weighted by molar-refractivity contribution is -0.145. The van der Waals surface area contributed by atoms with E-state index in [0.29, 0.717) is 37.6 Å². The molecule has 26 heavy (non-hydrogen) atoms. The summed E-state index contributed by atoms with van der Waals surface area (Å²) in [5, 5.41) is 0.591. The quantitative estimate of drug-likeness (QED) is 0.755. The van der Waals surface area contributed by atoms with Crippen molar-refractivity contribution in [2.75, 3.05) is 38.2 Å². The summed E-state index contributed by atoms with van der Waals surface area (Å²) in [7, 11) is 1.35. The minimum absolute atomic E-state index is 0.0475. The zero-order valence-electron chi connectivity index (χ0n) is 15.0. The van der Waals surface area contributed by atoms with Crippen LogP contribution < -0.4 is 4.90 Å². The van der Waals surface area contributed by atoms with Crippen LogP contribution in [0.15, 0.2) is 18.2 Å². The number of esters is 1. The summed E-state index contributed by atoms with van der Waals surface area (Å²) in [5.74, 6) is -0.959. The van der Waals surface area contributed by atoms with Crippen LogP contribution in [-0.2, 0) is 19.1 Å². The van der Waals surface area contributed by atoms with Crippen molar-refractivity contribution in [1.82, 2.24) is 4.90 Å². The summed E-state index contributed by atoms with van der Waals surface area (Å²) in [6.07, 6.45) is 0.660. The molecular weight excluding hydrogens is 356 g/mol. The maximum atomic E-state index is 12.6. The molecule has 1 amide bonds. The molecule has 1 saturated carbocycles. The van der Waals surface area contributed by atoms with Gasteiger partial charge in [0.2, 0.25) is 5.91 Å². The van der Waals surface area contributed by atoms with Crippen LogP contribution in [-0.4, -0.2) is 55.8 Å². The third-order valence-electron chi connectivity index (χ3n) is 5.33. The van der Waals surface area contributed by atoms with E-state index in [4.69, 9.17) is 16.3 Å². The zero-order valence-corrected chi connectivity index (χ0v) is 15.8. The molecule has 2 atom stereocenters. The van der Waals surface area contributed by atoms with Crippen molar-refractivity contribution in [1.29, 1.82) is 0 Å². The topological polar surface area (TPSA) is 66.9 Å². The lowest BCUT2D eigenvalue weighted by Gasteiger charge is -2.37. The van der Waals surface area contributed by atoms with E-state index in [1.165, 1.54) is 7.11 Å². The molecule has 1 aliphatic carbocycles. The van der Waals surface area contributed by atoms with Gasteiger partial charge in [-0.1, -0.05) is 23.7 Å². The van der Waals surface area contributed by atoms with Gasteiger partial charge in [-0.25, -0.2) is 0 Å². The van der Waals surface area contributed by atoms with Crippen molar-refractivity contribution in [2.24, 2.45) is 5.92 Å². The number of para-hydroxylation sites is 1. The van der Waals surface area contributed by atoms with Gasteiger partial charge in [0.15, 0.2) is 0 Å². The van der Waals surface area contributed by atoms with Gasteiger partial charge >= 0.3 is 5.97 Å². The molecule has 0 N–H and O–H groups in total. The molecule has 1 aromatic rings. The van der Waals surface area contributed by atoms with E-state index in [2.05, 4.69) is 4.90 Å². The van der Waals surface area contributed by atoms with E-state index in [0.717, 1.165) is 11.3 Å². The van der Waals surface area contributed by atoms with Crippen LogP contribution in [0, 0.1) is 5.92 Å². The van der Waals surface area contributed by atoms with Gasteiger partial charge in [0.25, 0.3) is 0 Å². The minimum atomic E-state index is -0.390. The number of anilines is 1. The SMILES string of the molecule is COC(=O)C1CC(=O)C(c2cccc(Cl)c2N2CCN(C(C)=O)CC2)C1. The fourth-order valence-electron chi connectivity index (χ4n) is 3.92. The van der Waals surface area contributed by atoms with E-state index < -0.39 is 0 Å². The summed E-state index contributed by atoms with van der Waals surface area (Å²) < 4.78 is 4.81. The fraction of sp³-hybridized carbons (Fsp3) is 0.526. The summed E-state index contributed by atoms with van der Waals surface area (Å²) in [4.78, 5) is 39.9. The Morgan fingerprint density at radius 1 is 1.19 bits per heavy atom. The Morgan fingerprint density at radius 3 is 2.50 bits per heavy atom. The highest BCUT2D eigenvalue weighted by Crippen LogP contribution is 2.43. The van der Waals surface area contributed by atoms with Crippen LogP contribution >= 0.6 is 11.6 Å². The Hall–Kier alpha value is -2.08. The molecule has 140 valence electrons. The smallest absolute Gasteiger partial charge is 0.309 e.